The Hall–Kier alpha value is -2.67. The molecule has 0 radical (unpaired) electrons. The van der Waals surface area contributed by atoms with Crippen molar-refractivity contribution in [3.63, 3.8) is 0 Å². The maximum Gasteiger partial charge on any atom is 0.325 e. The highest BCUT2D eigenvalue weighted by molar-refractivity contribution is 9.10. The Morgan fingerprint density at radius 2 is 1.77 bits per heavy atom. The Morgan fingerprint density at radius 1 is 1.13 bits per heavy atom. The van der Waals surface area contributed by atoms with Crippen LogP contribution in [0.4, 0.5) is 4.79 Å². The predicted octanol–water partition coefficient (Wildman–Crippen LogP) is 4.41. The molecule has 1 atom stereocenters. The molecule has 0 spiro atoms. The first-order valence-electron chi connectivity index (χ1n) is 9.59. The van der Waals surface area contributed by atoms with Gasteiger partial charge in [-0.05, 0) is 57.6 Å². The minimum atomic E-state index is -1.21. The van der Waals surface area contributed by atoms with Gasteiger partial charge in [-0.25, -0.2) is 4.79 Å². The Morgan fingerprint density at radius 3 is 2.30 bits per heavy atom. The van der Waals surface area contributed by atoms with Gasteiger partial charge < -0.3 is 10.1 Å². The second-order valence-electron chi connectivity index (χ2n) is 8.55. The zero-order chi connectivity index (χ0) is 22.3. The van der Waals surface area contributed by atoms with Gasteiger partial charge in [-0.3, -0.25) is 14.5 Å². The van der Waals surface area contributed by atoms with Crippen LogP contribution in [0.2, 0.25) is 0 Å². The number of nitrogens with one attached hydrogen (secondary N) is 1. The van der Waals surface area contributed by atoms with Crippen LogP contribution in [-0.2, 0) is 15.7 Å². The molecule has 1 aliphatic rings. The third-order valence-electron chi connectivity index (χ3n) is 5.38. The molecule has 2 aromatic carbocycles. The van der Waals surface area contributed by atoms with E-state index in [4.69, 9.17) is 4.74 Å². The van der Waals surface area contributed by atoms with E-state index in [1.54, 1.807) is 25.1 Å². The third-order valence-corrected chi connectivity index (χ3v) is 6.00. The lowest BCUT2D eigenvalue weighted by molar-refractivity contribution is -0.130. The maximum atomic E-state index is 13.1. The van der Waals surface area contributed by atoms with Crippen LogP contribution in [0.1, 0.15) is 49.2 Å². The first-order chi connectivity index (χ1) is 14.0. The lowest BCUT2D eigenvalue weighted by atomic mass is 9.84. The maximum absolute atomic E-state index is 13.1. The number of nitrogens with zero attached hydrogens (tertiary/aromatic N) is 1. The Kier molecular flexibility index (Phi) is 5.78. The van der Waals surface area contributed by atoms with Crippen molar-refractivity contribution in [2.75, 3.05) is 13.7 Å². The molecule has 0 saturated carbocycles. The summed E-state index contributed by atoms with van der Waals surface area (Å²) < 4.78 is 5.79. The second kappa shape index (κ2) is 7.87. The average Bonchev–Trinajstić information content (AvgIpc) is 2.91. The van der Waals surface area contributed by atoms with E-state index in [0.717, 1.165) is 10.5 Å². The standard InChI is InChI=1S/C23H25BrN2O4/c1-22(2,3)15-7-9-16(10-8-15)23(4)20(28)26(21(29)25-23)13-18(27)14-6-11-19(30-5)17(24)12-14/h6-12H,13H2,1-5H3,(H,25,29). The zero-order valence-electron chi connectivity index (χ0n) is 17.7. The van der Waals surface area contributed by atoms with Gasteiger partial charge in [-0.1, -0.05) is 45.0 Å². The summed E-state index contributed by atoms with van der Waals surface area (Å²) in [5.74, 6) is -0.195. The second-order valence-corrected chi connectivity index (χ2v) is 9.40. The van der Waals surface area contributed by atoms with Crippen molar-refractivity contribution in [1.29, 1.82) is 0 Å². The molecule has 1 N–H and O–H groups in total. The van der Waals surface area contributed by atoms with E-state index in [9.17, 15) is 14.4 Å². The van der Waals surface area contributed by atoms with Crippen molar-refractivity contribution in [2.45, 2.75) is 38.6 Å². The van der Waals surface area contributed by atoms with Crippen LogP contribution >= 0.6 is 15.9 Å². The van der Waals surface area contributed by atoms with Gasteiger partial charge in [0.05, 0.1) is 18.1 Å². The van der Waals surface area contributed by atoms with E-state index in [1.165, 1.54) is 7.11 Å². The number of carbonyl (C=O) groups is 3. The molecule has 7 heteroatoms. The lowest BCUT2D eigenvalue weighted by Gasteiger charge is -2.24. The Balaban J connectivity index is 1.82. The molecule has 1 unspecified atom stereocenters. The van der Waals surface area contributed by atoms with Crippen LogP contribution in [0.25, 0.3) is 0 Å². The molecule has 3 rings (SSSR count). The smallest absolute Gasteiger partial charge is 0.325 e. The van der Waals surface area contributed by atoms with Gasteiger partial charge >= 0.3 is 6.03 Å². The number of ketones is 1. The molecule has 1 fully saturated rings. The van der Waals surface area contributed by atoms with Crippen molar-refractivity contribution in [1.82, 2.24) is 10.2 Å². The monoisotopic (exact) mass is 472 g/mol. The van der Waals surface area contributed by atoms with E-state index in [1.807, 2.05) is 24.3 Å². The van der Waals surface area contributed by atoms with E-state index in [0.29, 0.717) is 21.3 Å². The number of ether oxygens (including phenoxy) is 1. The number of hydrogen-bond donors (Lipinski definition) is 1. The van der Waals surface area contributed by atoms with Gasteiger partial charge in [0, 0.05) is 5.56 Å². The molecule has 1 aliphatic heterocycles. The van der Waals surface area contributed by atoms with E-state index in [-0.39, 0.29) is 17.7 Å². The molecular weight excluding hydrogens is 448 g/mol. The molecule has 158 valence electrons. The molecule has 1 heterocycles. The summed E-state index contributed by atoms with van der Waals surface area (Å²) in [7, 11) is 1.53. The highest BCUT2D eigenvalue weighted by atomic mass is 79.9. The van der Waals surface area contributed by atoms with Crippen LogP contribution in [0.15, 0.2) is 46.9 Å². The SMILES string of the molecule is COc1ccc(C(=O)CN2C(=O)NC(C)(c3ccc(C(C)(C)C)cc3)C2=O)cc1Br. The molecular formula is C23H25BrN2O4. The number of halogens is 1. The minimum absolute atomic E-state index is 0.0204. The summed E-state index contributed by atoms with van der Waals surface area (Å²) in [4.78, 5) is 39.3. The average molecular weight is 473 g/mol. The summed E-state index contributed by atoms with van der Waals surface area (Å²) in [5, 5.41) is 2.75. The van der Waals surface area contributed by atoms with Gasteiger partial charge in [0.15, 0.2) is 5.78 Å². The predicted molar refractivity (Wildman–Crippen MR) is 118 cm³/mol. The first-order valence-corrected chi connectivity index (χ1v) is 10.4. The van der Waals surface area contributed by atoms with Crippen LogP contribution in [0.3, 0.4) is 0 Å². The molecule has 0 aliphatic carbocycles. The highest BCUT2D eigenvalue weighted by Crippen LogP contribution is 2.31. The van der Waals surface area contributed by atoms with Crippen molar-refractivity contribution in [3.05, 3.63) is 63.6 Å². The Bertz CT molecular complexity index is 1010. The number of rotatable bonds is 5. The number of Topliss-reactive ketones (excluding diaryl/α,β-unsaturated/α-hetero) is 1. The summed E-state index contributed by atoms with van der Waals surface area (Å²) in [5.41, 5.74) is 0.952. The number of urea groups is 1. The number of imide groups is 1. The highest BCUT2D eigenvalue weighted by Gasteiger charge is 2.49. The van der Waals surface area contributed by atoms with Crippen molar-refractivity contribution in [2.24, 2.45) is 0 Å². The van der Waals surface area contributed by atoms with Crippen LogP contribution in [0, 0.1) is 0 Å². The van der Waals surface area contributed by atoms with Gasteiger partial charge in [-0.2, -0.15) is 0 Å². The van der Waals surface area contributed by atoms with E-state index < -0.39 is 17.5 Å². The molecule has 30 heavy (non-hydrogen) atoms. The van der Waals surface area contributed by atoms with Crippen LogP contribution < -0.4 is 10.1 Å². The summed E-state index contributed by atoms with van der Waals surface area (Å²) in [6, 6.07) is 11.9. The number of amides is 3. The number of methoxy groups -OCH3 is 1. The van der Waals surface area contributed by atoms with Crippen molar-refractivity contribution < 1.29 is 19.1 Å². The number of carbonyl (C=O) groups excluding carboxylic acids is 3. The quantitative estimate of drug-likeness (QED) is 0.516. The first kappa shape index (κ1) is 22.0. The van der Waals surface area contributed by atoms with Gasteiger partial charge in [0.2, 0.25) is 0 Å². The molecule has 2 aromatic rings. The number of benzene rings is 2. The molecule has 3 amide bonds. The van der Waals surface area contributed by atoms with Crippen molar-refractivity contribution >= 4 is 33.7 Å². The minimum Gasteiger partial charge on any atom is -0.496 e. The zero-order valence-corrected chi connectivity index (χ0v) is 19.3. The fourth-order valence-electron chi connectivity index (χ4n) is 3.41. The third kappa shape index (κ3) is 3.99. The van der Waals surface area contributed by atoms with Crippen molar-refractivity contribution in [3.8, 4) is 5.75 Å². The summed E-state index contributed by atoms with van der Waals surface area (Å²) >= 11 is 3.34. The lowest BCUT2D eigenvalue weighted by Crippen LogP contribution is -2.41. The number of hydrogen-bond acceptors (Lipinski definition) is 4. The van der Waals surface area contributed by atoms with Gasteiger partial charge in [0.1, 0.15) is 11.3 Å². The van der Waals surface area contributed by atoms with E-state index >= 15 is 0 Å². The van der Waals surface area contributed by atoms with E-state index in [2.05, 4.69) is 42.0 Å². The van der Waals surface area contributed by atoms with Crippen LogP contribution in [0.5, 0.6) is 5.75 Å². The molecule has 0 bridgehead atoms. The summed E-state index contributed by atoms with van der Waals surface area (Å²) in [6.45, 7) is 7.65. The Labute approximate surface area is 184 Å². The van der Waals surface area contributed by atoms with Crippen LogP contribution in [-0.4, -0.2) is 36.3 Å². The normalized spacial score (nSPS) is 19.1. The van der Waals surface area contributed by atoms with Gasteiger partial charge in [0.25, 0.3) is 5.91 Å². The topological polar surface area (TPSA) is 75.7 Å². The molecule has 1 saturated heterocycles. The fourth-order valence-corrected chi connectivity index (χ4v) is 3.96. The molecule has 6 nitrogen and oxygen atoms in total. The fraction of sp³-hybridized carbons (Fsp3) is 0.348. The van der Waals surface area contributed by atoms with Gasteiger partial charge in [-0.15, -0.1) is 0 Å². The molecule has 0 aromatic heterocycles. The summed E-state index contributed by atoms with van der Waals surface area (Å²) in [6.07, 6.45) is 0. The largest absolute Gasteiger partial charge is 0.496 e.